The van der Waals surface area contributed by atoms with Gasteiger partial charge >= 0.3 is 0 Å². The highest BCUT2D eigenvalue weighted by molar-refractivity contribution is 7.91. The van der Waals surface area contributed by atoms with Gasteiger partial charge in [0.2, 0.25) is 5.91 Å². The molecule has 0 saturated carbocycles. The molecule has 1 saturated heterocycles. The average Bonchev–Trinajstić information content (AvgIpc) is 2.26. The van der Waals surface area contributed by atoms with Crippen LogP contribution in [0.1, 0.15) is 20.3 Å². The van der Waals surface area contributed by atoms with Crippen LogP contribution in [0.15, 0.2) is 0 Å². The fraction of sp³-hybridized carbons (Fsp3) is 0.875. The van der Waals surface area contributed by atoms with Gasteiger partial charge in [0.1, 0.15) is 5.54 Å². The van der Waals surface area contributed by atoms with Gasteiger partial charge in [0.05, 0.1) is 11.5 Å². The zero-order valence-corrected chi connectivity index (χ0v) is 9.23. The summed E-state index contributed by atoms with van der Waals surface area (Å²) in [5, 5.41) is 2.96. The van der Waals surface area contributed by atoms with E-state index in [1.165, 1.54) is 0 Å². The van der Waals surface area contributed by atoms with Crippen molar-refractivity contribution in [3.8, 4) is 0 Å². The lowest BCUT2D eigenvalue weighted by Crippen LogP contribution is -2.58. The predicted molar refractivity (Wildman–Crippen MR) is 53.5 cm³/mol. The number of hydrogen-bond donors (Lipinski definition) is 2. The Bertz CT molecular complexity index is 336. The summed E-state index contributed by atoms with van der Waals surface area (Å²) in [6.45, 7) is 3.71. The second kappa shape index (κ2) is 3.51. The smallest absolute Gasteiger partial charge is 0.238 e. The summed E-state index contributed by atoms with van der Waals surface area (Å²) in [5.74, 6) is -0.712. The van der Waals surface area contributed by atoms with Crippen molar-refractivity contribution < 1.29 is 13.2 Å². The van der Waals surface area contributed by atoms with Gasteiger partial charge in [0.15, 0.2) is 9.84 Å². The van der Waals surface area contributed by atoms with E-state index in [0.717, 1.165) is 0 Å². The lowest BCUT2D eigenvalue weighted by atomic mass is 9.97. The largest absolute Gasteiger partial charge is 0.368 e. The molecule has 1 amide bonds. The molecule has 0 bridgehead atoms. The second-order valence-corrected chi connectivity index (χ2v) is 6.27. The van der Waals surface area contributed by atoms with Crippen molar-refractivity contribution in [2.24, 2.45) is 5.73 Å². The third kappa shape index (κ3) is 2.24. The molecule has 82 valence electrons. The van der Waals surface area contributed by atoms with Gasteiger partial charge in [-0.1, -0.05) is 0 Å². The van der Waals surface area contributed by atoms with Gasteiger partial charge in [-0.25, -0.2) is 8.42 Å². The van der Waals surface area contributed by atoms with Crippen LogP contribution in [-0.2, 0) is 14.6 Å². The molecule has 1 heterocycles. The highest BCUT2D eigenvalue weighted by atomic mass is 32.2. The van der Waals surface area contributed by atoms with E-state index in [9.17, 15) is 13.2 Å². The van der Waals surface area contributed by atoms with Gasteiger partial charge in [-0.05, 0) is 20.3 Å². The molecule has 1 atom stereocenters. The fourth-order valence-electron chi connectivity index (χ4n) is 1.78. The maximum Gasteiger partial charge on any atom is 0.238 e. The minimum atomic E-state index is -3.11. The number of primary amides is 1. The average molecular weight is 220 g/mol. The topological polar surface area (TPSA) is 89.3 Å². The van der Waals surface area contributed by atoms with E-state index in [1.54, 1.807) is 0 Å². The first-order valence-electron chi connectivity index (χ1n) is 4.55. The molecule has 1 aliphatic rings. The third-order valence-electron chi connectivity index (χ3n) is 2.34. The highest BCUT2D eigenvalue weighted by Crippen LogP contribution is 2.23. The molecule has 5 nitrogen and oxygen atoms in total. The van der Waals surface area contributed by atoms with Gasteiger partial charge in [-0.15, -0.1) is 0 Å². The van der Waals surface area contributed by atoms with E-state index in [2.05, 4.69) is 5.32 Å². The zero-order valence-electron chi connectivity index (χ0n) is 8.41. The van der Waals surface area contributed by atoms with Crippen molar-refractivity contribution in [2.45, 2.75) is 31.8 Å². The summed E-state index contributed by atoms with van der Waals surface area (Å²) in [6.07, 6.45) is 0.281. The Hall–Kier alpha value is -0.620. The summed E-state index contributed by atoms with van der Waals surface area (Å²) in [5.41, 5.74) is 4.19. The number of amides is 1. The number of sulfone groups is 1. The van der Waals surface area contributed by atoms with E-state index in [1.807, 2.05) is 13.8 Å². The molecule has 0 spiro atoms. The molecule has 0 aliphatic carbocycles. The Morgan fingerprint density at radius 1 is 1.50 bits per heavy atom. The van der Waals surface area contributed by atoms with Gasteiger partial charge in [-0.2, -0.15) is 0 Å². The monoisotopic (exact) mass is 220 g/mol. The number of carbonyl (C=O) groups is 1. The Labute approximate surface area is 84.0 Å². The maximum absolute atomic E-state index is 11.3. The second-order valence-electron chi connectivity index (χ2n) is 4.09. The summed E-state index contributed by atoms with van der Waals surface area (Å²) in [7, 11) is -3.11. The van der Waals surface area contributed by atoms with Gasteiger partial charge < -0.3 is 11.1 Å². The van der Waals surface area contributed by atoms with Crippen molar-refractivity contribution in [1.82, 2.24) is 5.32 Å². The Morgan fingerprint density at radius 2 is 2.07 bits per heavy atom. The Kier molecular flexibility index (Phi) is 2.87. The van der Waals surface area contributed by atoms with Crippen LogP contribution in [0.4, 0.5) is 0 Å². The molecule has 0 aromatic rings. The van der Waals surface area contributed by atoms with Crippen LogP contribution in [-0.4, -0.2) is 37.4 Å². The van der Waals surface area contributed by atoms with E-state index in [-0.39, 0.29) is 24.0 Å². The lowest BCUT2D eigenvalue weighted by Gasteiger charge is -2.27. The van der Waals surface area contributed by atoms with Crippen LogP contribution in [0.3, 0.4) is 0 Å². The van der Waals surface area contributed by atoms with E-state index in [4.69, 9.17) is 5.73 Å². The molecule has 14 heavy (non-hydrogen) atoms. The van der Waals surface area contributed by atoms with E-state index >= 15 is 0 Å². The van der Waals surface area contributed by atoms with Crippen molar-refractivity contribution >= 4 is 15.7 Å². The van der Waals surface area contributed by atoms with E-state index in [0.29, 0.717) is 0 Å². The molecule has 6 heteroatoms. The summed E-state index contributed by atoms with van der Waals surface area (Å²) < 4.78 is 22.6. The summed E-state index contributed by atoms with van der Waals surface area (Å²) in [6, 6.07) is 0.0378. The van der Waals surface area contributed by atoms with E-state index < -0.39 is 21.3 Å². The number of carbonyl (C=O) groups excluding carboxylic acids is 1. The number of hydrogen-bond acceptors (Lipinski definition) is 4. The molecule has 1 unspecified atom stereocenters. The van der Waals surface area contributed by atoms with Gasteiger partial charge in [0.25, 0.3) is 0 Å². The van der Waals surface area contributed by atoms with Crippen LogP contribution < -0.4 is 11.1 Å². The first kappa shape index (κ1) is 11.5. The molecule has 1 fully saturated rings. The van der Waals surface area contributed by atoms with Crippen LogP contribution >= 0.6 is 0 Å². The summed E-state index contributed by atoms with van der Waals surface area (Å²) in [4.78, 5) is 11.2. The Balaban J connectivity index is 2.92. The van der Waals surface area contributed by atoms with Crippen molar-refractivity contribution in [3.63, 3.8) is 0 Å². The normalized spacial score (nSPS) is 30.8. The highest BCUT2D eigenvalue weighted by Gasteiger charge is 2.47. The fourth-order valence-corrected chi connectivity index (χ4v) is 3.71. The van der Waals surface area contributed by atoms with Crippen LogP contribution in [0, 0.1) is 0 Å². The molecule has 3 N–H and O–H groups in total. The lowest BCUT2D eigenvalue weighted by molar-refractivity contribution is -0.123. The molecule has 0 aromatic heterocycles. The first-order valence-corrected chi connectivity index (χ1v) is 6.38. The third-order valence-corrected chi connectivity index (χ3v) is 4.10. The van der Waals surface area contributed by atoms with Crippen LogP contribution in [0.25, 0.3) is 0 Å². The number of rotatable bonds is 3. The quantitative estimate of drug-likeness (QED) is 0.640. The zero-order chi connectivity index (χ0) is 11.0. The van der Waals surface area contributed by atoms with Gasteiger partial charge in [-0.3, -0.25) is 4.79 Å². The minimum absolute atomic E-state index is 0.0374. The maximum atomic E-state index is 11.3. The predicted octanol–water partition coefficient (Wildman–Crippen LogP) is -0.973. The van der Waals surface area contributed by atoms with Crippen molar-refractivity contribution in [3.05, 3.63) is 0 Å². The summed E-state index contributed by atoms with van der Waals surface area (Å²) >= 11 is 0. The number of nitrogens with one attached hydrogen (secondary N) is 1. The number of nitrogens with two attached hydrogens (primary N) is 1. The molecule has 0 aromatic carbocycles. The van der Waals surface area contributed by atoms with Gasteiger partial charge in [0, 0.05) is 6.04 Å². The molecular weight excluding hydrogens is 204 g/mol. The molecule has 1 aliphatic heterocycles. The standard InChI is InChI=1S/C8H16N2O3S/c1-6(2)10-8(7(9)11)3-4-14(12,13)5-8/h6,10H,3-5H2,1-2H3,(H2,9,11). The molecular formula is C8H16N2O3S. The van der Waals surface area contributed by atoms with Crippen molar-refractivity contribution in [1.29, 1.82) is 0 Å². The SMILES string of the molecule is CC(C)NC1(C(N)=O)CCS(=O)(=O)C1. The Morgan fingerprint density at radius 3 is 2.36 bits per heavy atom. The van der Waals surface area contributed by atoms with Crippen LogP contribution in [0.5, 0.6) is 0 Å². The van der Waals surface area contributed by atoms with Crippen LogP contribution in [0.2, 0.25) is 0 Å². The van der Waals surface area contributed by atoms with Crippen molar-refractivity contribution in [2.75, 3.05) is 11.5 Å². The minimum Gasteiger partial charge on any atom is -0.368 e. The molecule has 0 radical (unpaired) electrons. The first-order chi connectivity index (χ1) is 6.27. The molecule has 1 rings (SSSR count).